The zero-order valence-corrected chi connectivity index (χ0v) is 17.0. The van der Waals surface area contributed by atoms with E-state index in [0.29, 0.717) is 0 Å². The number of halogens is 1. The predicted molar refractivity (Wildman–Crippen MR) is 104 cm³/mol. The highest BCUT2D eigenvalue weighted by atomic mass is 79.9. The maximum absolute atomic E-state index is 3.48. The summed E-state index contributed by atoms with van der Waals surface area (Å²) in [6.07, 6.45) is 20.3. The van der Waals surface area contributed by atoms with Crippen molar-refractivity contribution in [1.29, 1.82) is 0 Å². The van der Waals surface area contributed by atoms with Gasteiger partial charge in [-0.2, -0.15) is 0 Å². The Labute approximate surface area is 144 Å². The fourth-order valence-corrected chi connectivity index (χ4v) is 2.69. The molecule has 0 unspecified atom stereocenters. The van der Waals surface area contributed by atoms with E-state index >= 15 is 0 Å². The van der Waals surface area contributed by atoms with Crippen LogP contribution in [0, 0.1) is 0 Å². The van der Waals surface area contributed by atoms with Crippen molar-refractivity contribution < 1.29 is 0 Å². The average molecular weight is 364 g/mol. The minimum absolute atomic E-state index is 1.19. The molecule has 2 heteroatoms. The van der Waals surface area contributed by atoms with Gasteiger partial charge in [0.15, 0.2) is 0 Å². The molecule has 0 aromatic rings. The number of unbranched alkanes of at least 4 members (excludes halogenated alkanes) is 13. The van der Waals surface area contributed by atoms with Gasteiger partial charge >= 0.3 is 0 Å². The molecule has 0 aliphatic carbocycles. The molecule has 0 N–H and O–H groups in total. The Morgan fingerprint density at radius 3 is 1.00 bits per heavy atom. The topological polar surface area (TPSA) is 3.24 Å². The van der Waals surface area contributed by atoms with Crippen LogP contribution >= 0.6 is 15.9 Å². The van der Waals surface area contributed by atoms with E-state index in [1.807, 2.05) is 26.0 Å². The Morgan fingerprint density at radius 2 is 0.762 bits per heavy atom. The first-order chi connectivity index (χ1) is 10.1. The molecule has 21 heavy (non-hydrogen) atoms. The van der Waals surface area contributed by atoms with Gasteiger partial charge in [0.1, 0.15) is 0 Å². The summed E-state index contributed by atoms with van der Waals surface area (Å²) in [6, 6.07) is 0. The van der Waals surface area contributed by atoms with E-state index < -0.39 is 0 Å². The largest absolute Gasteiger partial charge is 0.312 e. The number of nitrogens with zero attached hydrogens (tertiary/aromatic N) is 1. The van der Waals surface area contributed by atoms with Gasteiger partial charge in [-0.05, 0) is 27.6 Å². The standard InChI is InChI=1S/C16H33Br.C3H9N/c1-2-3-4-5-6-7-8-9-10-11-12-13-14-15-16-17;1-4(2)3/h2-16H2,1H3;1-3H3. The molecule has 0 aliphatic rings. The molecule has 0 saturated heterocycles. The van der Waals surface area contributed by atoms with Crippen LogP contribution in [-0.4, -0.2) is 31.4 Å². The molecule has 0 aliphatic heterocycles. The van der Waals surface area contributed by atoms with Crippen molar-refractivity contribution in [3.63, 3.8) is 0 Å². The van der Waals surface area contributed by atoms with Crippen molar-refractivity contribution in [2.75, 3.05) is 26.5 Å². The molecule has 0 fully saturated rings. The van der Waals surface area contributed by atoms with Crippen LogP contribution in [0.25, 0.3) is 0 Å². The Morgan fingerprint density at radius 1 is 0.524 bits per heavy atom. The van der Waals surface area contributed by atoms with Gasteiger partial charge in [0.2, 0.25) is 0 Å². The van der Waals surface area contributed by atoms with Gasteiger partial charge in [0.05, 0.1) is 0 Å². The average Bonchev–Trinajstić information content (AvgIpc) is 2.43. The summed E-state index contributed by atoms with van der Waals surface area (Å²) in [5.74, 6) is 0. The van der Waals surface area contributed by atoms with Crippen LogP contribution < -0.4 is 0 Å². The molecule has 130 valence electrons. The first-order valence-corrected chi connectivity index (χ1v) is 10.4. The van der Waals surface area contributed by atoms with Crippen molar-refractivity contribution in [3.8, 4) is 0 Å². The second kappa shape index (κ2) is 22.7. The second-order valence-corrected chi connectivity index (χ2v) is 7.42. The Bertz CT molecular complexity index is 143. The highest BCUT2D eigenvalue weighted by Gasteiger charge is 1.93. The molecule has 1 nitrogen and oxygen atoms in total. The summed E-state index contributed by atoms with van der Waals surface area (Å²) >= 11 is 3.48. The maximum Gasteiger partial charge on any atom is 0.00313 e. The third kappa shape index (κ3) is 33.3. The van der Waals surface area contributed by atoms with Crippen LogP contribution in [0.2, 0.25) is 0 Å². The molecular weight excluding hydrogens is 322 g/mol. The van der Waals surface area contributed by atoms with Gasteiger partial charge in [-0.1, -0.05) is 106 Å². The number of hydrogen-bond donors (Lipinski definition) is 0. The van der Waals surface area contributed by atoms with Crippen molar-refractivity contribution in [3.05, 3.63) is 0 Å². The van der Waals surface area contributed by atoms with Crippen molar-refractivity contribution in [2.24, 2.45) is 0 Å². The lowest BCUT2D eigenvalue weighted by Gasteiger charge is -2.02. The van der Waals surface area contributed by atoms with Gasteiger partial charge in [0, 0.05) is 5.33 Å². The summed E-state index contributed by atoms with van der Waals surface area (Å²) in [5.41, 5.74) is 0. The highest BCUT2D eigenvalue weighted by molar-refractivity contribution is 9.09. The van der Waals surface area contributed by atoms with Crippen molar-refractivity contribution in [1.82, 2.24) is 4.90 Å². The molecule has 0 amide bonds. The van der Waals surface area contributed by atoms with E-state index in [-0.39, 0.29) is 0 Å². The molecule has 0 spiro atoms. The molecule has 0 aromatic carbocycles. The van der Waals surface area contributed by atoms with Crippen LogP contribution in [0.5, 0.6) is 0 Å². The minimum Gasteiger partial charge on any atom is -0.312 e. The fraction of sp³-hybridized carbons (Fsp3) is 1.00. The second-order valence-electron chi connectivity index (χ2n) is 6.63. The SMILES string of the molecule is CCCCCCCCCCCCCCCCBr.CN(C)C. The predicted octanol–water partition coefficient (Wildman–Crippen LogP) is 7.04. The quantitative estimate of drug-likeness (QED) is 0.236. The number of alkyl halides is 1. The molecule has 0 rings (SSSR count). The van der Waals surface area contributed by atoms with Gasteiger partial charge in [-0.25, -0.2) is 0 Å². The first kappa shape index (κ1) is 23.7. The lowest BCUT2D eigenvalue weighted by molar-refractivity contribution is 0.505. The summed E-state index contributed by atoms with van der Waals surface area (Å²) in [4.78, 5) is 2.00. The smallest absolute Gasteiger partial charge is 0.00313 e. The highest BCUT2D eigenvalue weighted by Crippen LogP contribution is 2.12. The van der Waals surface area contributed by atoms with Crippen LogP contribution in [-0.2, 0) is 0 Å². The molecule has 0 radical (unpaired) electrons. The van der Waals surface area contributed by atoms with E-state index in [0.717, 1.165) is 0 Å². The minimum atomic E-state index is 1.19. The summed E-state index contributed by atoms with van der Waals surface area (Å²) in [7, 11) is 6.00. The molecule has 0 bridgehead atoms. The van der Waals surface area contributed by atoms with Crippen molar-refractivity contribution in [2.45, 2.75) is 96.8 Å². The molecular formula is C19H42BrN. The molecule has 0 aromatic heterocycles. The Kier molecular flexibility index (Phi) is 25.6. The monoisotopic (exact) mass is 363 g/mol. The maximum atomic E-state index is 3.48. The van der Waals surface area contributed by atoms with Crippen LogP contribution in [0.4, 0.5) is 0 Å². The van der Waals surface area contributed by atoms with E-state index in [4.69, 9.17) is 0 Å². The van der Waals surface area contributed by atoms with E-state index in [9.17, 15) is 0 Å². The van der Waals surface area contributed by atoms with Crippen molar-refractivity contribution >= 4 is 15.9 Å². The lowest BCUT2D eigenvalue weighted by Crippen LogP contribution is -1.99. The summed E-state index contributed by atoms with van der Waals surface area (Å²) in [5, 5.41) is 1.19. The summed E-state index contributed by atoms with van der Waals surface area (Å²) in [6.45, 7) is 2.29. The van der Waals surface area contributed by atoms with E-state index in [1.54, 1.807) is 0 Å². The van der Waals surface area contributed by atoms with Gasteiger partial charge in [-0.3, -0.25) is 0 Å². The Hall–Kier alpha value is 0.440. The molecule has 0 saturated carbocycles. The zero-order chi connectivity index (χ0) is 16.2. The van der Waals surface area contributed by atoms with Gasteiger partial charge in [0.25, 0.3) is 0 Å². The molecule has 0 heterocycles. The van der Waals surface area contributed by atoms with E-state index in [1.165, 1.54) is 95.2 Å². The number of rotatable bonds is 14. The normalized spacial score (nSPS) is 10.6. The lowest BCUT2D eigenvalue weighted by atomic mass is 10.0. The van der Waals surface area contributed by atoms with E-state index in [2.05, 4.69) is 22.9 Å². The van der Waals surface area contributed by atoms with Gasteiger partial charge < -0.3 is 4.90 Å². The third-order valence-electron chi connectivity index (χ3n) is 3.49. The zero-order valence-electron chi connectivity index (χ0n) is 15.4. The third-order valence-corrected chi connectivity index (χ3v) is 4.05. The number of hydrogen-bond acceptors (Lipinski definition) is 1. The molecule has 0 atom stereocenters. The Balaban J connectivity index is 0. The van der Waals surface area contributed by atoms with Crippen LogP contribution in [0.15, 0.2) is 0 Å². The van der Waals surface area contributed by atoms with Crippen LogP contribution in [0.3, 0.4) is 0 Å². The van der Waals surface area contributed by atoms with Gasteiger partial charge in [-0.15, -0.1) is 0 Å². The summed E-state index contributed by atoms with van der Waals surface area (Å²) < 4.78 is 0. The fourth-order valence-electron chi connectivity index (χ4n) is 2.29. The van der Waals surface area contributed by atoms with Crippen LogP contribution in [0.1, 0.15) is 96.8 Å². The first-order valence-electron chi connectivity index (χ1n) is 9.32.